The summed E-state index contributed by atoms with van der Waals surface area (Å²) in [6.07, 6.45) is 1.70. The van der Waals surface area contributed by atoms with Gasteiger partial charge in [-0.1, -0.05) is 35.5 Å². The fraction of sp³-hybridized carbons (Fsp3) is 0.0769. The van der Waals surface area contributed by atoms with E-state index in [1.807, 2.05) is 37.3 Å². The summed E-state index contributed by atoms with van der Waals surface area (Å²) in [6, 6.07) is 11.5. The molecule has 0 aliphatic heterocycles. The molecule has 0 aliphatic carbocycles. The molecule has 84 valence electrons. The van der Waals surface area contributed by atoms with E-state index in [1.54, 1.807) is 6.20 Å². The van der Waals surface area contributed by atoms with Crippen LogP contribution in [0.5, 0.6) is 0 Å². The van der Waals surface area contributed by atoms with Gasteiger partial charge in [0, 0.05) is 11.1 Å². The molecule has 0 amide bonds. The SMILES string of the molecule is Cc1ccnc(Sc2ccccc2Cl)c1C#N. The molecule has 1 aromatic heterocycles. The smallest absolute Gasteiger partial charge is 0.119 e. The van der Waals surface area contributed by atoms with Crippen LogP contribution in [0.3, 0.4) is 0 Å². The number of pyridine rings is 1. The molecule has 0 fully saturated rings. The number of halogens is 1. The molecule has 17 heavy (non-hydrogen) atoms. The summed E-state index contributed by atoms with van der Waals surface area (Å²) in [5.74, 6) is 0. The Kier molecular flexibility index (Phi) is 3.68. The maximum atomic E-state index is 9.11. The van der Waals surface area contributed by atoms with Crippen LogP contribution in [-0.2, 0) is 0 Å². The molecule has 0 spiro atoms. The zero-order valence-electron chi connectivity index (χ0n) is 9.14. The van der Waals surface area contributed by atoms with Gasteiger partial charge in [0.1, 0.15) is 11.1 Å². The van der Waals surface area contributed by atoms with Gasteiger partial charge in [0.05, 0.1) is 10.6 Å². The molecule has 2 aromatic rings. The van der Waals surface area contributed by atoms with E-state index in [1.165, 1.54) is 11.8 Å². The number of hydrogen-bond acceptors (Lipinski definition) is 3. The van der Waals surface area contributed by atoms with Gasteiger partial charge in [0.2, 0.25) is 0 Å². The summed E-state index contributed by atoms with van der Waals surface area (Å²) < 4.78 is 0. The number of nitrogens with zero attached hydrogens (tertiary/aromatic N) is 2. The molecule has 0 atom stereocenters. The standard InChI is InChI=1S/C13H9ClN2S/c1-9-6-7-16-13(10(9)8-15)17-12-5-3-2-4-11(12)14/h2-7H,1H3. The van der Waals surface area contributed by atoms with Crippen molar-refractivity contribution in [2.24, 2.45) is 0 Å². The summed E-state index contributed by atoms with van der Waals surface area (Å²) in [4.78, 5) is 5.13. The Labute approximate surface area is 109 Å². The van der Waals surface area contributed by atoms with Crippen molar-refractivity contribution < 1.29 is 0 Å². The molecule has 0 aliphatic rings. The number of hydrogen-bond donors (Lipinski definition) is 0. The number of rotatable bonds is 2. The third-order valence-corrected chi connectivity index (χ3v) is 3.80. The van der Waals surface area contributed by atoms with E-state index in [4.69, 9.17) is 16.9 Å². The molecule has 0 radical (unpaired) electrons. The van der Waals surface area contributed by atoms with Crippen LogP contribution in [0.2, 0.25) is 5.02 Å². The molecule has 0 saturated heterocycles. The lowest BCUT2D eigenvalue weighted by Crippen LogP contribution is -1.90. The van der Waals surface area contributed by atoms with Gasteiger partial charge in [-0.25, -0.2) is 4.98 Å². The Hall–Kier alpha value is -1.50. The second-order valence-electron chi connectivity index (χ2n) is 3.45. The average molecular weight is 261 g/mol. The fourth-order valence-corrected chi connectivity index (χ4v) is 2.57. The van der Waals surface area contributed by atoms with E-state index in [-0.39, 0.29) is 0 Å². The first kappa shape index (κ1) is 12.0. The van der Waals surface area contributed by atoms with E-state index >= 15 is 0 Å². The van der Waals surface area contributed by atoms with Gasteiger partial charge in [0.15, 0.2) is 0 Å². The maximum Gasteiger partial charge on any atom is 0.119 e. The molecule has 0 bridgehead atoms. The van der Waals surface area contributed by atoms with Crippen LogP contribution < -0.4 is 0 Å². The molecule has 1 heterocycles. The Balaban J connectivity index is 2.41. The predicted molar refractivity (Wildman–Crippen MR) is 69.3 cm³/mol. The molecule has 2 rings (SSSR count). The molecular weight excluding hydrogens is 252 g/mol. The molecular formula is C13H9ClN2S. The van der Waals surface area contributed by atoms with Gasteiger partial charge in [-0.05, 0) is 30.7 Å². The first-order valence-corrected chi connectivity index (χ1v) is 6.20. The van der Waals surface area contributed by atoms with Crippen LogP contribution in [0.1, 0.15) is 11.1 Å². The first-order chi connectivity index (χ1) is 8.22. The molecule has 0 unspecified atom stereocenters. The number of aryl methyl sites for hydroxylation is 1. The fourth-order valence-electron chi connectivity index (χ4n) is 1.38. The minimum atomic E-state index is 0.609. The Bertz CT molecular complexity index is 590. The van der Waals surface area contributed by atoms with E-state index in [0.29, 0.717) is 15.6 Å². The number of aromatic nitrogens is 1. The van der Waals surface area contributed by atoms with E-state index in [9.17, 15) is 0 Å². The third-order valence-electron chi connectivity index (χ3n) is 2.28. The minimum absolute atomic E-state index is 0.609. The van der Waals surface area contributed by atoms with Crippen LogP contribution in [-0.4, -0.2) is 4.98 Å². The van der Waals surface area contributed by atoms with Crippen molar-refractivity contribution in [1.29, 1.82) is 5.26 Å². The number of benzene rings is 1. The van der Waals surface area contributed by atoms with Gasteiger partial charge < -0.3 is 0 Å². The highest BCUT2D eigenvalue weighted by atomic mass is 35.5. The first-order valence-electron chi connectivity index (χ1n) is 5.00. The molecule has 0 N–H and O–H groups in total. The van der Waals surface area contributed by atoms with Crippen LogP contribution in [0.15, 0.2) is 46.5 Å². The van der Waals surface area contributed by atoms with Crippen molar-refractivity contribution in [2.45, 2.75) is 16.8 Å². The van der Waals surface area contributed by atoms with Crippen LogP contribution >= 0.6 is 23.4 Å². The monoisotopic (exact) mass is 260 g/mol. The Morgan fingerprint density at radius 1 is 1.29 bits per heavy atom. The van der Waals surface area contributed by atoms with Gasteiger partial charge in [-0.3, -0.25) is 0 Å². The highest BCUT2D eigenvalue weighted by Crippen LogP contribution is 2.34. The third kappa shape index (κ3) is 2.60. The topological polar surface area (TPSA) is 36.7 Å². The van der Waals surface area contributed by atoms with Gasteiger partial charge in [0.25, 0.3) is 0 Å². The second-order valence-corrected chi connectivity index (χ2v) is 4.89. The van der Waals surface area contributed by atoms with Crippen LogP contribution in [0.25, 0.3) is 0 Å². The average Bonchev–Trinajstić information content (AvgIpc) is 2.32. The molecule has 0 saturated carbocycles. The lowest BCUT2D eigenvalue weighted by Gasteiger charge is -2.06. The minimum Gasteiger partial charge on any atom is -0.248 e. The van der Waals surface area contributed by atoms with E-state index < -0.39 is 0 Å². The second kappa shape index (κ2) is 5.22. The van der Waals surface area contributed by atoms with Crippen molar-refractivity contribution in [1.82, 2.24) is 4.98 Å². The van der Waals surface area contributed by atoms with Gasteiger partial charge >= 0.3 is 0 Å². The summed E-state index contributed by atoms with van der Waals surface area (Å²) in [5, 5.41) is 10.5. The summed E-state index contributed by atoms with van der Waals surface area (Å²) in [5.41, 5.74) is 1.54. The van der Waals surface area contributed by atoms with Crippen LogP contribution in [0, 0.1) is 18.3 Å². The predicted octanol–water partition coefficient (Wildman–Crippen LogP) is 4.07. The van der Waals surface area contributed by atoms with Crippen molar-refractivity contribution in [2.75, 3.05) is 0 Å². The molecule has 1 aromatic carbocycles. The quantitative estimate of drug-likeness (QED) is 0.817. The zero-order valence-corrected chi connectivity index (χ0v) is 10.7. The molecule has 2 nitrogen and oxygen atoms in total. The normalized spacial score (nSPS) is 9.94. The maximum absolute atomic E-state index is 9.11. The van der Waals surface area contributed by atoms with Crippen molar-refractivity contribution in [3.05, 3.63) is 52.7 Å². The van der Waals surface area contributed by atoms with Gasteiger partial charge in [-0.2, -0.15) is 5.26 Å². The van der Waals surface area contributed by atoms with Crippen LogP contribution in [0.4, 0.5) is 0 Å². The summed E-state index contributed by atoms with van der Waals surface area (Å²) in [6.45, 7) is 1.90. The van der Waals surface area contributed by atoms with Crippen molar-refractivity contribution in [3.63, 3.8) is 0 Å². The lowest BCUT2D eigenvalue weighted by molar-refractivity contribution is 1.08. The van der Waals surface area contributed by atoms with Gasteiger partial charge in [-0.15, -0.1) is 0 Å². The molecule has 4 heteroatoms. The number of nitriles is 1. The Morgan fingerprint density at radius 3 is 2.76 bits per heavy atom. The van der Waals surface area contributed by atoms with Crippen molar-refractivity contribution >= 4 is 23.4 Å². The zero-order chi connectivity index (χ0) is 12.3. The summed E-state index contributed by atoms with van der Waals surface area (Å²) >= 11 is 7.49. The van der Waals surface area contributed by atoms with E-state index in [2.05, 4.69) is 11.1 Å². The lowest BCUT2D eigenvalue weighted by atomic mass is 10.2. The van der Waals surface area contributed by atoms with E-state index in [0.717, 1.165) is 10.5 Å². The highest BCUT2D eigenvalue weighted by Gasteiger charge is 2.09. The van der Waals surface area contributed by atoms with Crippen molar-refractivity contribution in [3.8, 4) is 6.07 Å². The summed E-state index contributed by atoms with van der Waals surface area (Å²) in [7, 11) is 0. The highest BCUT2D eigenvalue weighted by molar-refractivity contribution is 7.99. The largest absolute Gasteiger partial charge is 0.248 e. The Morgan fingerprint density at radius 2 is 2.06 bits per heavy atom.